The molecule has 200 valence electrons. The minimum Gasteiger partial charge on any atom is -0.427 e. The van der Waals surface area contributed by atoms with E-state index in [4.69, 9.17) is 4.74 Å². The number of carbonyl (C=O) groups excluding carboxylic acids is 4. The highest BCUT2D eigenvalue weighted by atomic mass is 19.1. The van der Waals surface area contributed by atoms with Gasteiger partial charge in [-0.25, -0.2) is 23.3 Å². The molecule has 2 fully saturated rings. The number of rotatable bonds is 5. The molecule has 0 radical (unpaired) electrons. The number of nitrogens with one attached hydrogen (secondary N) is 2. The Hall–Kier alpha value is -4.02. The van der Waals surface area contributed by atoms with E-state index < -0.39 is 53.8 Å². The Morgan fingerprint density at radius 1 is 1.13 bits per heavy atom. The predicted octanol–water partition coefficient (Wildman–Crippen LogP) is 3.98. The van der Waals surface area contributed by atoms with Gasteiger partial charge in [-0.2, -0.15) is 0 Å². The third kappa shape index (κ3) is 4.15. The number of likely N-dealkylation sites (tertiary alicyclic amines) is 1. The third-order valence-corrected chi connectivity index (χ3v) is 7.72. The van der Waals surface area contributed by atoms with Gasteiger partial charge < -0.3 is 20.3 Å². The van der Waals surface area contributed by atoms with Crippen molar-refractivity contribution in [1.29, 1.82) is 0 Å². The number of fused-ring (bicyclic) bond motifs is 2. The molecule has 2 saturated heterocycles. The van der Waals surface area contributed by atoms with Crippen LogP contribution in [0.2, 0.25) is 0 Å². The van der Waals surface area contributed by atoms with Crippen LogP contribution >= 0.6 is 0 Å². The van der Waals surface area contributed by atoms with Crippen molar-refractivity contribution < 1.29 is 32.7 Å². The van der Waals surface area contributed by atoms with Gasteiger partial charge in [0.2, 0.25) is 11.5 Å². The summed E-state index contributed by atoms with van der Waals surface area (Å²) in [6.07, 6.45) is 1.44. The van der Waals surface area contributed by atoms with Gasteiger partial charge in [-0.1, -0.05) is 19.1 Å². The lowest BCUT2D eigenvalue weighted by atomic mass is 9.94. The monoisotopic (exact) mass is 526 g/mol. The second kappa shape index (κ2) is 9.70. The van der Waals surface area contributed by atoms with Gasteiger partial charge >= 0.3 is 12.1 Å². The van der Waals surface area contributed by atoms with Crippen LogP contribution in [0, 0.1) is 11.6 Å². The number of hydrogen-bond acceptors (Lipinski definition) is 5. The van der Waals surface area contributed by atoms with Crippen molar-refractivity contribution in [3.05, 3.63) is 64.7 Å². The third-order valence-electron chi connectivity index (χ3n) is 7.72. The molecule has 1 spiro atoms. The number of imide groups is 1. The Morgan fingerprint density at radius 2 is 1.92 bits per heavy atom. The summed E-state index contributed by atoms with van der Waals surface area (Å²) in [6, 6.07) is 7.03. The second-order valence-electron chi connectivity index (χ2n) is 9.78. The molecule has 1 aliphatic carbocycles. The van der Waals surface area contributed by atoms with Gasteiger partial charge in [0.05, 0.1) is 6.04 Å². The Balaban J connectivity index is 1.38. The first kappa shape index (κ1) is 25.6. The second-order valence-corrected chi connectivity index (χ2v) is 9.78. The van der Waals surface area contributed by atoms with Crippen LogP contribution < -0.4 is 10.6 Å². The minimum absolute atomic E-state index is 0.202. The van der Waals surface area contributed by atoms with E-state index in [0.717, 1.165) is 22.6 Å². The van der Waals surface area contributed by atoms with Crippen molar-refractivity contribution in [3.63, 3.8) is 0 Å². The molecule has 11 heteroatoms. The van der Waals surface area contributed by atoms with Crippen molar-refractivity contribution in [2.75, 3.05) is 18.9 Å². The molecule has 3 atom stereocenters. The van der Waals surface area contributed by atoms with Crippen LogP contribution in [0.1, 0.15) is 55.3 Å². The highest BCUT2D eigenvalue weighted by Crippen LogP contribution is 2.46. The standard InChI is InChI=1S/C27H28F2N4O5/c1-3-18-6-9-22(19-7-4-16(28)13-21(19)29)33(18)23(34)14-32-24(35)27(38-26(32)37)11-10-15-12-17(5-8-20(15)27)31-25(36)30-2/h4-5,7-8,12-13,18,22H,3,6,9-11,14H2,1-2H3,(H2,30,31,36)/t18-,22-,27+/m0/s1. The molecule has 38 heavy (non-hydrogen) atoms. The summed E-state index contributed by atoms with van der Waals surface area (Å²) in [4.78, 5) is 54.0. The largest absolute Gasteiger partial charge is 0.427 e. The van der Waals surface area contributed by atoms with E-state index in [1.807, 2.05) is 6.92 Å². The van der Waals surface area contributed by atoms with Gasteiger partial charge in [0.25, 0.3) is 5.91 Å². The number of amides is 5. The van der Waals surface area contributed by atoms with Gasteiger partial charge in [0.1, 0.15) is 18.2 Å². The zero-order valence-electron chi connectivity index (χ0n) is 21.1. The molecule has 2 aromatic carbocycles. The smallest absolute Gasteiger partial charge is 0.418 e. The van der Waals surface area contributed by atoms with Crippen molar-refractivity contribution >= 4 is 29.6 Å². The van der Waals surface area contributed by atoms with Crippen molar-refractivity contribution in [3.8, 4) is 0 Å². The number of carbonyl (C=O) groups is 4. The lowest BCUT2D eigenvalue weighted by Crippen LogP contribution is -2.46. The van der Waals surface area contributed by atoms with Crippen molar-refractivity contribution in [1.82, 2.24) is 15.1 Å². The van der Waals surface area contributed by atoms with Gasteiger partial charge in [-0.15, -0.1) is 0 Å². The average molecular weight is 527 g/mol. The number of benzene rings is 2. The Bertz CT molecular complexity index is 1330. The number of halogens is 2. The van der Waals surface area contributed by atoms with Crippen molar-refractivity contribution in [2.24, 2.45) is 0 Å². The highest BCUT2D eigenvalue weighted by Gasteiger charge is 2.58. The quantitative estimate of drug-likeness (QED) is 0.613. The molecule has 9 nitrogen and oxygen atoms in total. The van der Waals surface area contributed by atoms with Gasteiger partial charge in [-0.3, -0.25) is 9.59 Å². The summed E-state index contributed by atoms with van der Waals surface area (Å²) in [5.41, 5.74) is 0.476. The molecule has 0 unspecified atom stereocenters. The van der Waals surface area contributed by atoms with E-state index in [9.17, 15) is 28.0 Å². The summed E-state index contributed by atoms with van der Waals surface area (Å²) >= 11 is 0. The van der Waals surface area contributed by atoms with Crippen LogP contribution in [0.5, 0.6) is 0 Å². The fraction of sp³-hybridized carbons (Fsp3) is 0.407. The van der Waals surface area contributed by atoms with E-state index in [-0.39, 0.29) is 18.0 Å². The maximum absolute atomic E-state index is 14.6. The number of aryl methyl sites for hydroxylation is 1. The molecule has 5 amide bonds. The number of urea groups is 1. The number of anilines is 1. The van der Waals surface area contributed by atoms with Gasteiger partial charge in [0, 0.05) is 42.4 Å². The van der Waals surface area contributed by atoms with E-state index in [0.29, 0.717) is 36.9 Å². The Kier molecular flexibility index (Phi) is 6.54. The first-order valence-electron chi connectivity index (χ1n) is 12.6. The molecule has 2 heterocycles. The lowest BCUT2D eigenvalue weighted by molar-refractivity contribution is -0.143. The highest BCUT2D eigenvalue weighted by molar-refractivity contribution is 6.06. The summed E-state index contributed by atoms with van der Waals surface area (Å²) in [5.74, 6) is -2.58. The summed E-state index contributed by atoms with van der Waals surface area (Å²) in [5, 5.41) is 5.13. The van der Waals surface area contributed by atoms with Gasteiger partial charge in [-0.05, 0) is 49.4 Å². The fourth-order valence-electron chi connectivity index (χ4n) is 5.88. The normalized spacial score (nSPS) is 24.1. The molecule has 2 N–H and O–H groups in total. The first-order valence-corrected chi connectivity index (χ1v) is 12.6. The molecular weight excluding hydrogens is 498 g/mol. The number of nitrogens with zero attached hydrogens (tertiary/aromatic N) is 2. The zero-order chi connectivity index (χ0) is 27.2. The number of ether oxygens (including phenoxy) is 1. The SMILES string of the molecule is CC[C@H]1CC[C@@H](c2ccc(F)cc2F)N1C(=O)CN1C(=O)O[C@@]2(CCc3cc(NC(=O)NC)ccc32)C1=O. The molecule has 0 bridgehead atoms. The van der Waals surface area contributed by atoms with Crippen LogP contribution in [-0.2, 0) is 26.3 Å². The number of hydrogen-bond donors (Lipinski definition) is 2. The fourth-order valence-corrected chi connectivity index (χ4v) is 5.88. The topological polar surface area (TPSA) is 108 Å². The molecule has 2 aromatic rings. The van der Waals surface area contributed by atoms with Gasteiger partial charge in [0.15, 0.2) is 0 Å². The zero-order valence-corrected chi connectivity index (χ0v) is 21.1. The molecular formula is C27H28F2N4O5. The molecule has 2 aliphatic heterocycles. The van der Waals surface area contributed by atoms with E-state index in [1.165, 1.54) is 18.0 Å². The summed E-state index contributed by atoms with van der Waals surface area (Å²) in [6.45, 7) is 1.36. The molecule has 0 aromatic heterocycles. The van der Waals surface area contributed by atoms with Crippen LogP contribution in [0.15, 0.2) is 36.4 Å². The van der Waals surface area contributed by atoms with E-state index >= 15 is 0 Å². The van der Waals surface area contributed by atoms with Crippen LogP contribution in [0.3, 0.4) is 0 Å². The minimum atomic E-state index is -1.53. The van der Waals surface area contributed by atoms with E-state index in [2.05, 4.69) is 10.6 Å². The predicted molar refractivity (Wildman–Crippen MR) is 132 cm³/mol. The molecule has 0 saturated carbocycles. The van der Waals surface area contributed by atoms with Crippen LogP contribution in [0.4, 0.5) is 24.1 Å². The summed E-state index contributed by atoms with van der Waals surface area (Å²) in [7, 11) is 1.49. The Labute approximate surface area is 218 Å². The average Bonchev–Trinajstić information content (AvgIpc) is 3.54. The lowest BCUT2D eigenvalue weighted by Gasteiger charge is -2.31. The maximum atomic E-state index is 14.6. The maximum Gasteiger partial charge on any atom is 0.418 e. The molecule has 3 aliphatic rings. The summed E-state index contributed by atoms with van der Waals surface area (Å²) < 4.78 is 33.7. The van der Waals surface area contributed by atoms with E-state index in [1.54, 1.807) is 18.2 Å². The molecule has 5 rings (SSSR count). The Morgan fingerprint density at radius 3 is 2.63 bits per heavy atom. The van der Waals surface area contributed by atoms with Crippen molar-refractivity contribution in [2.45, 2.75) is 56.7 Å². The first-order chi connectivity index (χ1) is 18.2. The van der Waals surface area contributed by atoms with Crippen LogP contribution in [0.25, 0.3) is 0 Å². The van der Waals surface area contributed by atoms with Crippen LogP contribution in [-0.4, -0.2) is 53.4 Å².